The Labute approximate surface area is 102 Å². The Kier molecular flexibility index (Phi) is 4.01. The SMILES string of the molecule is CCN(C(=O)NC1CC1(C)C)C(C)CC(=O)O. The number of nitrogens with zero attached hydrogens (tertiary/aromatic N) is 1. The minimum Gasteiger partial charge on any atom is -0.481 e. The molecule has 1 saturated carbocycles. The van der Waals surface area contributed by atoms with E-state index in [2.05, 4.69) is 19.2 Å². The highest BCUT2D eigenvalue weighted by atomic mass is 16.4. The second-order valence-corrected chi connectivity index (χ2v) is 5.43. The molecule has 0 heterocycles. The Morgan fingerprint density at radius 1 is 1.53 bits per heavy atom. The number of rotatable bonds is 5. The van der Waals surface area contributed by atoms with E-state index in [4.69, 9.17) is 5.11 Å². The first-order valence-electron chi connectivity index (χ1n) is 6.07. The molecule has 5 heteroatoms. The van der Waals surface area contributed by atoms with Gasteiger partial charge in [-0.1, -0.05) is 13.8 Å². The van der Waals surface area contributed by atoms with Gasteiger partial charge in [-0.25, -0.2) is 4.79 Å². The largest absolute Gasteiger partial charge is 0.481 e. The summed E-state index contributed by atoms with van der Waals surface area (Å²) in [6, 6.07) is -0.211. The molecule has 0 aromatic rings. The first-order chi connectivity index (χ1) is 7.77. The fraction of sp³-hybridized carbons (Fsp3) is 0.833. The summed E-state index contributed by atoms with van der Waals surface area (Å²) in [4.78, 5) is 24.2. The van der Waals surface area contributed by atoms with E-state index in [-0.39, 0.29) is 30.0 Å². The summed E-state index contributed by atoms with van der Waals surface area (Å²) in [5.74, 6) is -0.879. The highest BCUT2D eigenvalue weighted by Crippen LogP contribution is 2.44. The number of urea groups is 1. The molecule has 2 unspecified atom stereocenters. The van der Waals surface area contributed by atoms with Crippen molar-refractivity contribution >= 4 is 12.0 Å². The minimum atomic E-state index is -0.879. The van der Waals surface area contributed by atoms with Crippen LogP contribution in [0.2, 0.25) is 0 Å². The summed E-state index contributed by atoms with van der Waals surface area (Å²) in [7, 11) is 0. The summed E-state index contributed by atoms with van der Waals surface area (Å²) in [5.41, 5.74) is 0.186. The minimum absolute atomic E-state index is 0.0185. The number of nitrogens with one attached hydrogen (secondary N) is 1. The molecule has 0 aliphatic heterocycles. The molecule has 2 N–H and O–H groups in total. The van der Waals surface area contributed by atoms with Crippen molar-refractivity contribution in [2.45, 2.75) is 52.6 Å². The molecule has 98 valence electrons. The zero-order valence-electron chi connectivity index (χ0n) is 11.0. The maximum absolute atomic E-state index is 12.0. The quantitative estimate of drug-likeness (QED) is 0.770. The summed E-state index contributed by atoms with van der Waals surface area (Å²) >= 11 is 0. The van der Waals surface area contributed by atoms with Crippen molar-refractivity contribution in [1.29, 1.82) is 0 Å². The zero-order chi connectivity index (χ0) is 13.2. The molecule has 0 radical (unpaired) electrons. The van der Waals surface area contributed by atoms with Gasteiger partial charge >= 0.3 is 12.0 Å². The number of hydrogen-bond acceptors (Lipinski definition) is 2. The Bertz CT molecular complexity index is 315. The summed E-state index contributed by atoms with van der Waals surface area (Å²) in [6.45, 7) is 8.35. The standard InChI is InChI=1S/C12H22N2O3/c1-5-14(8(2)6-10(15)16)11(17)13-9-7-12(9,3)4/h8-9H,5-7H2,1-4H3,(H,13,17)(H,15,16). The van der Waals surface area contributed by atoms with Gasteiger partial charge in [0.15, 0.2) is 0 Å². The van der Waals surface area contributed by atoms with Crippen LogP contribution in [-0.2, 0) is 4.79 Å². The van der Waals surface area contributed by atoms with Crippen molar-refractivity contribution in [3.8, 4) is 0 Å². The van der Waals surface area contributed by atoms with Gasteiger partial charge in [-0.15, -0.1) is 0 Å². The average molecular weight is 242 g/mol. The van der Waals surface area contributed by atoms with Crippen LogP contribution in [0, 0.1) is 5.41 Å². The molecule has 1 aliphatic rings. The maximum Gasteiger partial charge on any atom is 0.317 e. The van der Waals surface area contributed by atoms with Crippen LogP contribution in [-0.4, -0.2) is 40.6 Å². The fourth-order valence-electron chi connectivity index (χ4n) is 1.96. The lowest BCUT2D eigenvalue weighted by molar-refractivity contribution is -0.138. The van der Waals surface area contributed by atoms with Crippen molar-refractivity contribution in [3.63, 3.8) is 0 Å². The highest BCUT2D eigenvalue weighted by Gasteiger charge is 2.47. The number of aliphatic carboxylic acids is 1. The highest BCUT2D eigenvalue weighted by molar-refractivity contribution is 5.76. The van der Waals surface area contributed by atoms with Gasteiger partial charge in [0.1, 0.15) is 0 Å². The first-order valence-corrected chi connectivity index (χ1v) is 6.07. The number of amides is 2. The number of carboxylic acid groups (broad SMARTS) is 1. The number of hydrogen-bond donors (Lipinski definition) is 2. The molecule has 0 spiro atoms. The molecule has 2 amide bonds. The van der Waals surface area contributed by atoms with Gasteiger partial charge < -0.3 is 15.3 Å². The van der Waals surface area contributed by atoms with Gasteiger partial charge in [-0.3, -0.25) is 4.79 Å². The van der Waals surface area contributed by atoms with E-state index in [1.165, 1.54) is 0 Å². The third-order valence-electron chi connectivity index (χ3n) is 3.41. The first kappa shape index (κ1) is 13.8. The molecule has 0 saturated heterocycles. The topological polar surface area (TPSA) is 69.6 Å². The van der Waals surface area contributed by atoms with Crippen LogP contribution >= 0.6 is 0 Å². The third-order valence-corrected chi connectivity index (χ3v) is 3.41. The Hall–Kier alpha value is -1.26. The van der Waals surface area contributed by atoms with Crippen molar-refractivity contribution in [1.82, 2.24) is 10.2 Å². The van der Waals surface area contributed by atoms with E-state index in [1.54, 1.807) is 11.8 Å². The smallest absolute Gasteiger partial charge is 0.317 e. The zero-order valence-corrected chi connectivity index (χ0v) is 11.0. The lowest BCUT2D eigenvalue weighted by Crippen LogP contribution is -2.47. The molecule has 1 fully saturated rings. The second-order valence-electron chi connectivity index (χ2n) is 5.43. The Morgan fingerprint density at radius 3 is 2.41 bits per heavy atom. The van der Waals surface area contributed by atoms with E-state index in [9.17, 15) is 9.59 Å². The lowest BCUT2D eigenvalue weighted by Gasteiger charge is -2.27. The van der Waals surface area contributed by atoms with Crippen molar-refractivity contribution in [3.05, 3.63) is 0 Å². The van der Waals surface area contributed by atoms with Gasteiger partial charge in [0.2, 0.25) is 0 Å². The fourth-order valence-corrected chi connectivity index (χ4v) is 1.96. The molecule has 0 aromatic heterocycles. The van der Waals surface area contributed by atoms with E-state index in [0.29, 0.717) is 6.54 Å². The molecular weight excluding hydrogens is 220 g/mol. The average Bonchev–Trinajstić information content (AvgIpc) is 2.72. The molecule has 17 heavy (non-hydrogen) atoms. The van der Waals surface area contributed by atoms with Crippen molar-refractivity contribution < 1.29 is 14.7 Å². The summed E-state index contributed by atoms with van der Waals surface area (Å²) < 4.78 is 0. The van der Waals surface area contributed by atoms with E-state index in [0.717, 1.165) is 6.42 Å². The molecule has 0 bridgehead atoms. The normalized spacial score (nSPS) is 22.7. The summed E-state index contributed by atoms with van der Waals surface area (Å²) in [6.07, 6.45) is 0.971. The van der Waals surface area contributed by atoms with Gasteiger partial charge in [-0.05, 0) is 25.7 Å². The second kappa shape index (κ2) is 4.94. The van der Waals surface area contributed by atoms with Crippen LogP contribution in [0.4, 0.5) is 4.79 Å². The number of carbonyl (C=O) groups is 2. The van der Waals surface area contributed by atoms with Crippen molar-refractivity contribution in [2.75, 3.05) is 6.54 Å². The van der Waals surface area contributed by atoms with E-state index in [1.807, 2.05) is 6.92 Å². The van der Waals surface area contributed by atoms with Gasteiger partial charge in [0.05, 0.1) is 6.42 Å². The molecule has 1 rings (SSSR count). The number of carboxylic acids is 1. The van der Waals surface area contributed by atoms with Crippen LogP contribution in [0.3, 0.4) is 0 Å². The van der Waals surface area contributed by atoms with Gasteiger partial charge in [-0.2, -0.15) is 0 Å². The predicted octanol–water partition coefficient (Wildman–Crippen LogP) is 1.68. The maximum atomic E-state index is 12.0. The monoisotopic (exact) mass is 242 g/mol. The predicted molar refractivity (Wildman–Crippen MR) is 64.8 cm³/mol. The molecule has 1 aliphatic carbocycles. The van der Waals surface area contributed by atoms with Crippen molar-refractivity contribution in [2.24, 2.45) is 5.41 Å². The summed E-state index contributed by atoms with van der Waals surface area (Å²) in [5, 5.41) is 11.7. The van der Waals surface area contributed by atoms with Crippen LogP contribution in [0.25, 0.3) is 0 Å². The molecular formula is C12H22N2O3. The van der Waals surface area contributed by atoms with Gasteiger partial charge in [0.25, 0.3) is 0 Å². The molecule has 0 aromatic carbocycles. The van der Waals surface area contributed by atoms with E-state index >= 15 is 0 Å². The van der Waals surface area contributed by atoms with E-state index < -0.39 is 5.97 Å². The number of carbonyl (C=O) groups excluding carboxylic acids is 1. The Morgan fingerprint density at radius 2 is 2.06 bits per heavy atom. The van der Waals surface area contributed by atoms with Crippen LogP contribution in [0.1, 0.15) is 40.5 Å². The van der Waals surface area contributed by atoms with Crippen LogP contribution < -0.4 is 5.32 Å². The molecule has 2 atom stereocenters. The Balaban J connectivity index is 2.49. The van der Waals surface area contributed by atoms with Gasteiger partial charge in [0, 0.05) is 18.6 Å². The molecule has 5 nitrogen and oxygen atoms in total. The van der Waals surface area contributed by atoms with Crippen LogP contribution in [0.5, 0.6) is 0 Å². The third kappa shape index (κ3) is 3.61. The lowest BCUT2D eigenvalue weighted by atomic mass is 10.2. The van der Waals surface area contributed by atoms with Crippen LogP contribution in [0.15, 0.2) is 0 Å².